The summed E-state index contributed by atoms with van der Waals surface area (Å²) in [6.45, 7) is 2.27. The molecule has 0 bridgehead atoms. The molecule has 1 N–H and O–H groups in total. The Balaban J connectivity index is 1.66. The van der Waals surface area contributed by atoms with Crippen LogP contribution in [0.1, 0.15) is 52.5 Å². The van der Waals surface area contributed by atoms with Crippen LogP contribution in [0, 0.1) is 0 Å². The van der Waals surface area contributed by atoms with Crippen LogP contribution in [0.3, 0.4) is 0 Å². The fourth-order valence-corrected chi connectivity index (χ4v) is 3.88. The van der Waals surface area contributed by atoms with Gasteiger partial charge in [-0.15, -0.1) is 0 Å². The predicted molar refractivity (Wildman–Crippen MR) is 101 cm³/mol. The van der Waals surface area contributed by atoms with Crippen LogP contribution in [0.2, 0.25) is 0 Å². The van der Waals surface area contributed by atoms with E-state index in [-0.39, 0.29) is 11.8 Å². The molecule has 1 aromatic carbocycles. The number of imidazole rings is 1. The molecule has 3 heterocycles. The van der Waals surface area contributed by atoms with Gasteiger partial charge in [0.1, 0.15) is 5.75 Å². The van der Waals surface area contributed by atoms with Gasteiger partial charge in [-0.3, -0.25) is 9.59 Å². The van der Waals surface area contributed by atoms with Crippen LogP contribution in [0.5, 0.6) is 5.75 Å². The Bertz CT molecular complexity index is 868. The number of benzene rings is 1. The molecule has 27 heavy (non-hydrogen) atoms. The van der Waals surface area contributed by atoms with Gasteiger partial charge in [0.25, 0.3) is 11.8 Å². The van der Waals surface area contributed by atoms with Gasteiger partial charge in [-0.1, -0.05) is 12.1 Å². The second kappa shape index (κ2) is 7.42. The average molecular weight is 368 g/mol. The van der Waals surface area contributed by atoms with Crippen molar-refractivity contribution >= 4 is 17.5 Å². The lowest BCUT2D eigenvalue weighted by Gasteiger charge is -2.19. The van der Waals surface area contributed by atoms with E-state index in [0.717, 1.165) is 57.4 Å². The molecule has 0 saturated carbocycles. The van der Waals surface area contributed by atoms with Gasteiger partial charge in [0, 0.05) is 19.6 Å². The molecular formula is C20H24N4O3. The SMILES string of the molecule is COc1ccccc1NC(=O)c1nc(C(=O)N2CCCC2)n2c1CCCC2. The first-order valence-electron chi connectivity index (χ1n) is 9.52. The molecule has 1 fully saturated rings. The Morgan fingerprint density at radius 3 is 2.59 bits per heavy atom. The first-order chi connectivity index (χ1) is 13.2. The zero-order valence-corrected chi connectivity index (χ0v) is 15.5. The molecule has 2 aliphatic rings. The van der Waals surface area contributed by atoms with Gasteiger partial charge in [0.05, 0.1) is 18.5 Å². The maximum Gasteiger partial charge on any atom is 0.289 e. The summed E-state index contributed by atoms with van der Waals surface area (Å²) in [5.41, 5.74) is 1.80. The van der Waals surface area contributed by atoms with Gasteiger partial charge in [-0.05, 0) is 44.2 Å². The predicted octanol–water partition coefficient (Wildman–Crippen LogP) is 2.72. The number of rotatable bonds is 4. The highest BCUT2D eigenvalue weighted by Crippen LogP contribution is 2.26. The van der Waals surface area contributed by atoms with Crippen molar-refractivity contribution in [2.24, 2.45) is 0 Å². The van der Waals surface area contributed by atoms with Crippen molar-refractivity contribution < 1.29 is 14.3 Å². The van der Waals surface area contributed by atoms with Gasteiger partial charge in [0.2, 0.25) is 0 Å². The van der Waals surface area contributed by atoms with E-state index in [2.05, 4.69) is 10.3 Å². The molecule has 0 aliphatic carbocycles. The summed E-state index contributed by atoms with van der Waals surface area (Å²) in [5.74, 6) is 0.627. The van der Waals surface area contributed by atoms with Gasteiger partial charge >= 0.3 is 0 Å². The number of anilines is 1. The summed E-state index contributed by atoms with van der Waals surface area (Å²) in [6, 6.07) is 7.26. The van der Waals surface area contributed by atoms with E-state index in [1.54, 1.807) is 19.2 Å². The second-order valence-electron chi connectivity index (χ2n) is 6.99. The Morgan fingerprint density at radius 1 is 1.07 bits per heavy atom. The van der Waals surface area contributed by atoms with E-state index < -0.39 is 0 Å². The molecule has 7 heteroatoms. The maximum absolute atomic E-state index is 12.9. The number of methoxy groups -OCH3 is 1. The standard InChI is InChI=1S/C20H24N4O3/c1-27-16-10-3-2-8-14(16)21-19(25)17-15-9-4-5-13-24(15)18(22-17)20(26)23-11-6-7-12-23/h2-3,8,10H,4-7,9,11-13H2,1H3,(H,21,25). The van der Waals surface area contributed by atoms with Crippen LogP contribution >= 0.6 is 0 Å². The second-order valence-corrected chi connectivity index (χ2v) is 6.99. The molecule has 4 rings (SSSR count). The topological polar surface area (TPSA) is 76.5 Å². The molecule has 1 aromatic heterocycles. The van der Waals surface area contributed by atoms with E-state index in [0.29, 0.717) is 23.0 Å². The number of hydrogen-bond acceptors (Lipinski definition) is 4. The van der Waals surface area contributed by atoms with Gasteiger partial charge in [0.15, 0.2) is 11.5 Å². The maximum atomic E-state index is 12.9. The zero-order valence-electron chi connectivity index (χ0n) is 15.5. The minimum atomic E-state index is -0.300. The van der Waals surface area contributed by atoms with Crippen molar-refractivity contribution in [1.82, 2.24) is 14.5 Å². The molecule has 0 spiro atoms. The average Bonchev–Trinajstić information content (AvgIpc) is 3.36. The molecule has 2 aliphatic heterocycles. The van der Waals surface area contributed by atoms with Crippen LogP contribution in [-0.2, 0) is 13.0 Å². The van der Waals surface area contributed by atoms with Crippen LogP contribution < -0.4 is 10.1 Å². The minimum Gasteiger partial charge on any atom is -0.495 e. The van der Waals surface area contributed by atoms with Crippen molar-refractivity contribution in [3.8, 4) is 5.75 Å². The monoisotopic (exact) mass is 368 g/mol. The smallest absolute Gasteiger partial charge is 0.289 e. The summed E-state index contributed by atoms with van der Waals surface area (Å²) >= 11 is 0. The summed E-state index contributed by atoms with van der Waals surface area (Å²) in [6.07, 6.45) is 4.81. The molecule has 0 unspecified atom stereocenters. The molecule has 1 saturated heterocycles. The fourth-order valence-electron chi connectivity index (χ4n) is 3.88. The number of hydrogen-bond donors (Lipinski definition) is 1. The Hall–Kier alpha value is -2.83. The number of carbonyl (C=O) groups is 2. The number of aromatic nitrogens is 2. The fraction of sp³-hybridized carbons (Fsp3) is 0.450. The van der Waals surface area contributed by atoms with E-state index >= 15 is 0 Å². The third-order valence-corrected chi connectivity index (χ3v) is 5.27. The number of likely N-dealkylation sites (tertiary alicyclic amines) is 1. The van der Waals surface area contributed by atoms with Gasteiger partial charge in [-0.2, -0.15) is 0 Å². The molecular weight excluding hydrogens is 344 g/mol. The van der Waals surface area contributed by atoms with E-state index in [1.165, 1.54) is 0 Å². The molecule has 2 amide bonds. The molecule has 0 radical (unpaired) electrons. The highest BCUT2D eigenvalue weighted by molar-refractivity contribution is 6.05. The van der Waals surface area contributed by atoms with E-state index in [9.17, 15) is 9.59 Å². The lowest BCUT2D eigenvalue weighted by molar-refractivity contribution is 0.0774. The van der Waals surface area contributed by atoms with Crippen molar-refractivity contribution in [2.45, 2.75) is 38.6 Å². The number of fused-ring (bicyclic) bond motifs is 1. The van der Waals surface area contributed by atoms with Crippen molar-refractivity contribution in [3.63, 3.8) is 0 Å². The number of para-hydroxylation sites is 2. The lowest BCUT2D eigenvalue weighted by atomic mass is 10.1. The third kappa shape index (κ3) is 3.29. The Morgan fingerprint density at radius 2 is 1.81 bits per heavy atom. The number of nitrogens with zero attached hydrogens (tertiary/aromatic N) is 3. The summed E-state index contributed by atoms with van der Waals surface area (Å²) < 4.78 is 7.25. The minimum absolute atomic E-state index is 0.0630. The number of carbonyl (C=O) groups excluding carboxylic acids is 2. The summed E-state index contributed by atoms with van der Waals surface area (Å²) in [5, 5.41) is 2.88. The molecule has 142 valence electrons. The number of amides is 2. The van der Waals surface area contributed by atoms with E-state index in [1.807, 2.05) is 21.6 Å². The van der Waals surface area contributed by atoms with Gasteiger partial charge in [-0.25, -0.2) is 4.98 Å². The van der Waals surface area contributed by atoms with Crippen molar-refractivity contribution in [3.05, 3.63) is 41.5 Å². The van der Waals surface area contributed by atoms with E-state index in [4.69, 9.17) is 4.74 Å². The molecule has 0 atom stereocenters. The lowest BCUT2D eigenvalue weighted by Crippen LogP contribution is -2.31. The van der Waals surface area contributed by atoms with Crippen LogP contribution in [0.4, 0.5) is 5.69 Å². The largest absolute Gasteiger partial charge is 0.495 e. The Labute approximate surface area is 158 Å². The number of nitrogens with one attached hydrogen (secondary N) is 1. The van der Waals surface area contributed by atoms with Crippen molar-refractivity contribution in [2.75, 3.05) is 25.5 Å². The first kappa shape index (κ1) is 17.6. The van der Waals surface area contributed by atoms with Crippen LogP contribution in [-0.4, -0.2) is 46.5 Å². The highest BCUT2D eigenvalue weighted by Gasteiger charge is 2.30. The molecule has 2 aromatic rings. The van der Waals surface area contributed by atoms with Crippen LogP contribution in [0.25, 0.3) is 0 Å². The number of ether oxygens (including phenoxy) is 1. The highest BCUT2D eigenvalue weighted by atomic mass is 16.5. The van der Waals surface area contributed by atoms with Crippen molar-refractivity contribution in [1.29, 1.82) is 0 Å². The quantitative estimate of drug-likeness (QED) is 0.900. The molecule has 7 nitrogen and oxygen atoms in total. The van der Waals surface area contributed by atoms with Crippen LogP contribution in [0.15, 0.2) is 24.3 Å². The first-order valence-corrected chi connectivity index (χ1v) is 9.52. The summed E-state index contributed by atoms with van der Waals surface area (Å²) in [7, 11) is 1.57. The van der Waals surface area contributed by atoms with Gasteiger partial charge < -0.3 is 19.5 Å². The Kier molecular flexibility index (Phi) is 4.83. The third-order valence-electron chi connectivity index (χ3n) is 5.27. The normalized spacial score (nSPS) is 16.1. The zero-order chi connectivity index (χ0) is 18.8. The summed E-state index contributed by atoms with van der Waals surface area (Å²) in [4.78, 5) is 32.2.